The molecule has 3 nitrogen and oxygen atoms in total. The van der Waals surface area contributed by atoms with Crippen LogP contribution in [-0.4, -0.2) is 29.7 Å². The molecule has 1 saturated heterocycles. The van der Waals surface area contributed by atoms with E-state index in [4.69, 9.17) is 4.74 Å². The molecule has 0 unspecified atom stereocenters. The van der Waals surface area contributed by atoms with Crippen LogP contribution >= 0.6 is 0 Å². The van der Waals surface area contributed by atoms with Gasteiger partial charge in [0, 0.05) is 16.7 Å². The molecule has 1 spiro atoms. The van der Waals surface area contributed by atoms with Gasteiger partial charge >= 0.3 is 0 Å². The van der Waals surface area contributed by atoms with E-state index in [0.717, 1.165) is 31.8 Å². The van der Waals surface area contributed by atoms with Gasteiger partial charge in [-0.3, -0.25) is 4.79 Å². The van der Waals surface area contributed by atoms with Gasteiger partial charge < -0.3 is 9.84 Å². The number of hydrogen-bond donors (Lipinski definition) is 1. The topological polar surface area (TPSA) is 46.5 Å². The van der Waals surface area contributed by atoms with Crippen molar-refractivity contribution < 1.29 is 14.6 Å². The zero-order valence-corrected chi connectivity index (χ0v) is 14.9. The fraction of sp³-hybridized carbons (Fsp3) is 0.857. The molecule has 132 valence electrons. The van der Waals surface area contributed by atoms with Crippen molar-refractivity contribution in [1.29, 1.82) is 0 Å². The van der Waals surface area contributed by atoms with E-state index in [0.29, 0.717) is 11.3 Å². The molecule has 4 fully saturated rings. The summed E-state index contributed by atoms with van der Waals surface area (Å²) in [7, 11) is 0. The summed E-state index contributed by atoms with van der Waals surface area (Å²) in [5.74, 6) is 1.54. The van der Waals surface area contributed by atoms with Crippen LogP contribution in [0.1, 0.15) is 64.7 Å². The highest BCUT2D eigenvalue weighted by Gasteiger charge is 2.70. The van der Waals surface area contributed by atoms with Gasteiger partial charge in [-0.1, -0.05) is 25.8 Å². The number of aliphatic hydroxyl groups excluding tert-OH is 1. The van der Waals surface area contributed by atoms with Crippen molar-refractivity contribution in [3.63, 3.8) is 0 Å². The van der Waals surface area contributed by atoms with Crippen LogP contribution in [0.3, 0.4) is 0 Å². The van der Waals surface area contributed by atoms with Gasteiger partial charge in [-0.05, 0) is 62.4 Å². The molecule has 0 aromatic heterocycles. The lowest BCUT2D eigenvalue weighted by atomic mass is 9.45. The monoisotopic (exact) mass is 330 g/mol. The van der Waals surface area contributed by atoms with Crippen molar-refractivity contribution in [1.82, 2.24) is 0 Å². The van der Waals surface area contributed by atoms with Gasteiger partial charge in [-0.25, -0.2) is 0 Å². The van der Waals surface area contributed by atoms with Gasteiger partial charge in [0.2, 0.25) is 0 Å². The molecule has 2 bridgehead atoms. The molecule has 0 aromatic rings. The third kappa shape index (κ3) is 1.64. The summed E-state index contributed by atoms with van der Waals surface area (Å²) in [5, 5.41) is 9.41. The minimum Gasteiger partial charge on any atom is -0.389 e. The smallest absolute Gasteiger partial charge is 0.162 e. The first kappa shape index (κ1) is 15.6. The van der Waals surface area contributed by atoms with Gasteiger partial charge in [0.25, 0.3) is 0 Å². The number of carbonyl (C=O) groups is 1. The average Bonchev–Trinajstić information content (AvgIpc) is 3.05. The van der Waals surface area contributed by atoms with E-state index in [9.17, 15) is 9.90 Å². The Balaban J connectivity index is 1.55. The van der Waals surface area contributed by atoms with Gasteiger partial charge in [-0.2, -0.15) is 0 Å². The largest absolute Gasteiger partial charge is 0.389 e. The molecule has 6 atom stereocenters. The lowest BCUT2D eigenvalue weighted by molar-refractivity contribution is -0.131. The fourth-order valence-corrected chi connectivity index (χ4v) is 7.82. The summed E-state index contributed by atoms with van der Waals surface area (Å²) >= 11 is 0. The SMILES string of the molecule is C[C@]12CC[C@@H]3[C@@]45CCCC[C@@H]4CC[C@@]3(OC5)C1=CC[C@@H]2C(=O)CO. The summed E-state index contributed by atoms with van der Waals surface area (Å²) in [6, 6.07) is 0. The maximum atomic E-state index is 12.3. The Morgan fingerprint density at radius 3 is 2.96 bits per heavy atom. The normalized spacial score (nSPS) is 52.2. The average molecular weight is 330 g/mol. The van der Waals surface area contributed by atoms with E-state index in [-0.39, 0.29) is 29.3 Å². The number of rotatable bonds is 2. The number of fused-ring (bicyclic) bond motifs is 1. The number of ketones is 1. The molecule has 4 aliphatic carbocycles. The standard InChI is InChI=1S/C21H30O3/c1-19-10-8-18-20-9-3-2-4-14(20)7-11-21(18,24-13-20)17(19)6-5-15(19)16(23)12-22/h6,14-15,18,22H,2-5,7-13H2,1H3/t14-,15-,18-,19-,20-,21-/m1/s1. The maximum Gasteiger partial charge on any atom is 0.162 e. The first-order valence-electron chi connectivity index (χ1n) is 10.1. The molecule has 0 radical (unpaired) electrons. The Labute approximate surface area is 144 Å². The first-order chi connectivity index (χ1) is 11.6. The quantitative estimate of drug-likeness (QED) is 0.786. The van der Waals surface area contributed by atoms with Crippen LogP contribution in [0.4, 0.5) is 0 Å². The first-order valence-corrected chi connectivity index (χ1v) is 10.1. The second kappa shape index (κ2) is 4.94. The third-order valence-electron chi connectivity index (χ3n) is 8.87. The Morgan fingerprint density at radius 2 is 2.12 bits per heavy atom. The number of allylic oxidation sites excluding steroid dienone is 1. The van der Waals surface area contributed by atoms with E-state index in [1.54, 1.807) is 0 Å². The van der Waals surface area contributed by atoms with Crippen molar-refractivity contribution in [3.8, 4) is 0 Å². The molecule has 3 heteroatoms. The van der Waals surface area contributed by atoms with E-state index >= 15 is 0 Å². The molecule has 24 heavy (non-hydrogen) atoms. The van der Waals surface area contributed by atoms with Crippen molar-refractivity contribution in [2.45, 2.75) is 70.3 Å². The Kier molecular flexibility index (Phi) is 3.21. The molecule has 1 aliphatic heterocycles. The number of Topliss-reactive ketones (excluding diaryl/α,β-unsaturated/α-hetero) is 1. The highest BCUT2D eigenvalue weighted by atomic mass is 16.5. The van der Waals surface area contributed by atoms with Gasteiger partial charge in [0.15, 0.2) is 5.78 Å². The second-order valence-corrected chi connectivity index (χ2v) is 9.43. The molecular weight excluding hydrogens is 300 g/mol. The van der Waals surface area contributed by atoms with Crippen molar-refractivity contribution in [2.75, 3.05) is 13.2 Å². The van der Waals surface area contributed by atoms with Crippen LogP contribution in [0.15, 0.2) is 11.6 Å². The Morgan fingerprint density at radius 1 is 1.25 bits per heavy atom. The summed E-state index contributed by atoms with van der Waals surface area (Å²) in [6.07, 6.45) is 13.4. The minimum atomic E-state index is -0.315. The molecule has 0 amide bonds. The molecule has 1 N–H and O–H groups in total. The summed E-state index contributed by atoms with van der Waals surface area (Å²) < 4.78 is 6.73. The van der Waals surface area contributed by atoms with Crippen molar-refractivity contribution >= 4 is 5.78 Å². The molecular formula is C21H30O3. The second-order valence-electron chi connectivity index (χ2n) is 9.43. The summed E-state index contributed by atoms with van der Waals surface area (Å²) in [4.78, 5) is 12.3. The maximum absolute atomic E-state index is 12.3. The molecule has 5 aliphatic rings. The molecule has 5 rings (SSSR count). The molecule has 1 heterocycles. The molecule has 3 saturated carbocycles. The lowest BCUT2D eigenvalue weighted by Gasteiger charge is -2.58. The number of carbonyl (C=O) groups excluding carboxylic acids is 1. The van der Waals surface area contributed by atoms with Crippen LogP contribution in [-0.2, 0) is 9.53 Å². The van der Waals surface area contributed by atoms with Crippen LogP contribution < -0.4 is 0 Å². The van der Waals surface area contributed by atoms with Crippen LogP contribution in [0, 0.1) is 28.6 Å². The third-order valence-corrected chi connectivity index (χ3v) is 8.87. The Hall–Kier alpha value is -0.670. The predicted octanol–water partition coefficient (Wildman–Crippen LogP) is 3.65. The fourth-order valence-electron chi connectivity index (χ4n) is 7.82. The molecule has 0 aromatic carbocycles. The highest BCUT2D eigenvalue weighted by Crippen LogP contribution is 2.71. The van der Waals surface area contributed by atoms with E-state index < -0.39 is 0 Å². The van der Waals surface area contributed by atoms with Gasteiger partial charge in [-0.15, -0.1) is 0 Å². The number of aliphatic hydroxyl groups is 1. The zero-order valence-electron chi connectivity index (χ0n) is 14.9. The van der Waals surface area contributed by atoms with Crippen LogP contribution in [0.5, 0.6) is 0 Å². The lowest BCUT2D eigenvalue weighted by Crippen LogP contribution is -2.57. The van der Waals surface area contributed by atoms with Crippen molar-refractivity contribution in [3.05, 3.63) is 11.6 Å². The van der Waals surface area contributed by atoms with Crippen molar-refractivity contribution in [2.24, 2.45) is 28.6 Å². The minimum absolute atomic E-state index is 0.0256. The van der Waals surface area contributed by atoms with Crippen LogP contribution in [0.25, 0.3) is 0 Å². The van der Waals surface area contributed by atoms with Gasteiger partial charge in [0.1, 0.15) is 6.61 Å². The van der Waals surface area contributed by atoms with E-state index in [1.807, 2.05) is 0 Å². The van der Waals surface area contributed by atoms with Gasteiger partial charge in [0.05, 0.1) is 12.2 Å². The zero-order chi connectivity index (χ0) is 16.6. The Bertz CT molecular complexity index is 606. The summed E-state index contributed by atoms with van der Waals surface area (Å²) in [6.45, 7) is 2.91. The van der Waals surface area contributed by atoms with Crippen LogP contribution in [0.2, 0.25) is 0 Å². The number of ether oxygens (including phenoxy) is 1. The summed E-state index contributed by atoms with van der Waals surface area (Å²) in [5.41, 5.74) is 1.71. The highest BCUT2D eigenvalue weighted by molar-refractivity contribution is 5.84. The predicted molar refractivity (Wildman–Crippen MR) is 91.4 cm³/mol. The van der Waals surface area contributed by atoms with E-state index in [1.165, 1.54) is 44.1 Å². The number of hydrogen-bond acceptors (Lipinski definition) is 3. The van der Waals surface area contributed by atoms with E-state index in [2.05, 4.69) is 13.0 Å².